The average molecular weight is 256 g/mol. The van der Waals surface area contributed by atoms with Gasteiger partial charge >= 0.3 is 0 Å². The fourth-order valence-electron chi connectivity index (χ4n) is 2.42. The molecule has 0 spiro atoms. The van der Waals surface area contributed by atoms with E-state index >= 15 is 0 Å². The molecule has 1 amide bonds. The van der Waals surface area contributed by atoms with Crippen molar-refractivity contribution in [1.29, 1.82) is 0 Å². The Kier molecular flexibility index (Phi) is 6.48. The molecule has 1 aliphatic rings. The number of thiocarbonyl (C=S) groups is 1. The van der Waals surface area contributed by atoms with E-state index in [-0.39, 0.29) is 11.8 Å². The highest BCUT2D eigenvalue weighted by molar-refractivity contribution is 7.80. The number of nitrogens with two attached hydrogens (primary N) is 1. The number of hydrogen-bond donors (Lipinski definition) is 2. The van der Waals surface area contributed by atoms with E-state index in [1.54, 1.807) is 0 Å². The lowest BCUT2D eigenvalue weighted by Crippen LogP contribution is -2.42. The second kappa shape index (κ2) is 7.64. The molecule has 0 aromatic carbocycles. The Labute approximate surface area is 110 Å². The summed E-state index contributed by atoms with van der Waals surface area (Å²) in [6.45, 7) is 2.05. The first kappa shape index (κ1) is 14.4. The second-order valence-corrected chi connectivity index (χ2v) is 5.41. The normalized spacial score (nSPS) is 19.4. The van der Waals surface area contributed by atoms with Gasteiger partial charge in [0, 0.05) is 6.04 Å². The van der Waals surface area contributed by atoms with Crippen molar-refractivity contribution in [3.05, 3.63) is 0 Å². The molecule has 1 saturated carbocycles. The van der Waals surface area contributed by atoms with Crippen LogP contribution in [0.25, 0.3) is 0 Å². The lowest BCUT2D eigenvalue weighted by Gasteiger charge is -2.20. The van der Waals surface area contributed by atoms with Crippen molar-refractivity contribution in [2.45, 2.75) is 64.3 Å². The number of carbonyl (C=O) groups is 1. The van der Waals surface area contributed by atoms with E-state index in [1.807, 2.05) is 6.92 Å². The van der Waals surface area contributed by atoms with Crippen molar-refractivity contribution in [3.63, 3.8) is 0 Å². The Hall–Kier alpha value is -0.640. The van der Waals surface area contributed by atoms with Crippen LogP contribution < -0.4 is 11.1 Å². The summed E-state index contributed by atoms with van der Waals surface area (Å²) in [5.41, 5.74) is 5.63. The van der Waals surface area contributed by atoms with E-state index in [0.29, 0.717) is 11.0 Å². The number of rotatable bonds is 5. The van der Waals surface area contributed by atoms with E-state index < -0.39 is 0 Å². The predicted octanol–water partition coefficient (Wildman–Crippen LogP) is 2.53. The largest absolute Gasteiger partial charge is 0.393 e. The van der Waals surface area contributed by atoms with Crippen molar-refractivity contribution < 1.29 is 4.79 Å². The lowest BCUT2D eigenvalue weighted by molar-refractivity contribution is -0.124. The molecule has 0 radical (unpaired) electrons. The van der Waals surface area contributed by atoms with Crippen LogP contribution in [0.5, 0.6) is 0 Å². The van der Waals surface area contributed by atoms with E-state index in [2.05, 4.69) is 5.32 Å². The Morgan fingerprint density at radius 1 is 1.35 bits per heavy atom. The summed E-state index contributed by atoms with van der Waals surface area (Å²) in [5.74, 6) is -0.246. The highest BCUT2D eigenvalue weighted by Gasteiger charge is 2.23. The van der Waals surface area contributed by atoms with Crippen LogP contribution in [0.1, 0.15) is 58.3 Å². The molecular weight excluding hydrogens is 232 g/mol. The molecule has 98 valence electrons. The molecule has 17 heavy (non-hydrogen) atoms. The Morgan fingerprint density at radius 2 is 1.94 bits per heavy atom. The van der Waals surface area contributed by atoms with Gasteiger partial charge in [-0.15, -0.1) is 0 Å². The van der Waals surface area contributed by atoms with Crippen LogP contribution in [-0.4, -0.2) is 16.9 Å². The molecule has 0 saturated heterocycles. The topological polar surface area (TPSA) is 55.1 Å². The standard InChI is InChI=1S/C13H24N2OS/c1-2-7-11(12(14)17)13(16)15-10-8-5-3-4-6-9-10/h10-11H,2-9H2,1H3,(H2,14,17)(H,15,16). The first-order chi connectivity index (χ1) is 8.15. The highest BCUT2D eigenvalue weighted by Crippen LogP contribution is 2.18. The van der Waals surface area contributed by atoms with Gasteiger partial charge in [-0.3, -0.25) is 4.79 Å². The predicted molar refractivity (Wildman–Crippen MR) is 74.8 cm³/mol. The van der Waals surface area contributed by atoms with Crippen molar-refractivity contribution in [2.24, 2.45) is 11.7 Å². The fourth-order valence-corrected chi connectivity index (χ4v) is 2.64. The molecule has 0 heterocycles. The molecule has 3 nitrogen and oxygen atoms in total. The molecule has 0 aromatic rings. The van der Waals surface area contributed by atoms with Gasteiger partial charge in [-0.05, 0) is 19.3 Å². The SMILES string of the molecule is CCCC(C(=O)NC1CCCCCC1)C(N)=S. The minimum atomic E-state index is -0.279. The molecule has 0 aromatic heterocycles. The first-order valence-electron chi connectivity index (χ1n) is 6.74. The zero-order valence-corrected chi connectivity index (χ0v) is 11.5. The van der Waals surface area contributed by atoms with E-state index in [1.165, 1.54) is 25.7 Å². The van der Waals surface area contributed by atoms with Crippen LogP contribution >= 0.6 is 12.2 Å². The number of hydrogen-bond acceptors (Lipinski definition) is 2. The van der Waals surface area contributed by atoms with Gasteiger partial charge in [0.05, 0.1) is 10.9 Å². The van der Waals surface area contributed by atoms with Gasteiger partial charge in [-0.25, -0.2) is 0 Å². The smallest absolute Gasteiger partial charge is 0.230 e. The van der Waals surface area contributed by atoms with Gasteiger partial charge in [-0.2, -0.15) is 0 Å². The molecule has 0 bridgehead atoms. The Balaban J connectivity index is 2.47. The maximum Gasteiger partial charge on any atom is 0.230 e. The van der Waals surface area contributed by atoms with Gasteiger partial charge in [0.25, 0.3) is 0 Å². The summed E-state index contributed by atoms with van der Waals surface area (Å²) in [6, 6.07) is 0.332. The van der Waals surface area contributed by atoms with Crippen molar-refractivity contribution in [1.82, 2.24) is 5.32 Å². The Morgan fingerprint density at radius 3 is 2.41 bits per heavy atom. The monoisotopic (exact) mass is 256 g/mol. The molecule has 4 heteroatoms. The third-order valence-corrected chi connectivity index (χ3v) is 3.72. The third-order valence-electron chi connectivity index (χ3n) is 3.44. The molecule has 1 atom stereocenters. The molecule has 1 fully saturated rings. The minimum Gasteiger partial charge on any atom is -0.393 e. The van der Waals surface area contributed by atoms with Crippen LogP contribution in [0.15, 0.2) is 0 Å². The van der Waals surface area contributed by atoms with Gasteiger partial charge in [0.1, 0.15) is 0 Å². The molecule has 0 aliphatic heterocycles. The third kappa shape index (κ3) is 5.02. The van der Waals surface area contributed by atoms with Crippen LogP contribution in [0.3, 0.4) is 0 Å². The summed E-state index contributed by atoms with van der Waals surface area (Å²) in [7, 11) is 0. The molecule has 1 rings (SSSR count). The quantitative estimate of drug-likeness (QED) is 0.587. The van der Waals surface area contributed by atoms with Gasteiger partial charge < -0.3 is 11.1 Å². The summed E-state index contributed by atoms with van der Waals surface area (Å²) in [6.07, 6.45) is 8.91. The zero-order valence-electron chi connectivity index (χ0n) is 10.7. The molecular formula is C13H24N2OS. The molecule has 1 aliphatic carbocycles. The summed E-state index contributed by atoms with van der Waals surface area (Å²) in [4.78, 5) is 12.4. The second-order valence-electron chi connectivity index (χ2n) is 4.94. The highest BCUT2D eigenvalue weighted by atomic mass is 32.1. The van der Waals surface area contributed by atoms with E-state index in [0.717, 1.165) is 25.7 Å². The first-order valence-corrected chi connectivity index (χ1v) is 7.15. The lowest BCUT2D eigenvalue weighted by atomic mass is 10.0. The number of nitrogens with one attached hydrogen (secondary N) is 1. The number of carbonyl (C=O) groups excluding carboxylic acids is 1. The zero-order chi connectivity index (χ0) is 12.7. The average Bonchev–Trinajstić information content (AvgIpc) is 2.53. The number of amides is 1. The van der Waals surface area contributed by atoms with Crippen molar-refractivity contribution in [2.75, 3.05) is 0 Å². The van der Waals surface area contributed by atoms with Crippen LogP contribution in [0.4, 0.5) is 0 Å². The van der Waals surface area contributed by atoms with Crippen molar-refractivity contribution in [3.8, 4) is 0 Å². The summed E-state index contributed by atoms with van der Waals surface area (Å²) in [5, 5.41) is 3.12. The summed E-state index contributed by atoms with van der Waals surface area (Å²) >= 11 is 4.97. The maximum atomic E-state index is 12.1. The van der Waals surface area contributed by atoms with Crippen LogP contribution in [0.2, 0.25) is 0 Å². The molecule has 1 unspecified atom stereocenters. The van der Waals surface area contributed by atoms with E-state index in [4.69, 9.17) is 18.0 Å². The fraction of sp³-hybridized carbons (Fsp3) is 0.846. The van der Waals surface area contributed by atoms with E-state index in [9.17, 15) is 4.79 Å². The van der Waals surface area contributed by atoms with Crippen LogP contribution in [0, 0.1) is 5.92 Å². The van der Waals surface area contributed by atoms with Crippen molar-refractivity contribution >= 4 is 23.1 Å². The molecule has 3 N–H and O–H groups in total. The van der Waals surface area contributed by atoms with Gasteiger partial charge in [0.15, 0.2) is 0 Å². The Bertz CT molecular complexity index is 260. The minimum absolute atomic E-state index is 0.0336. The van der Waals surface area contributed by atoms with Gasteiger partial charge in [0.2, 0.25) is 5.91 Å². The summed E-state index contributed by atoms with van der Waals surface area (Å²) < 4.78 is 0. The van der Waals surface area contributed by atoms with Crippen LogP contribution in [-0.2, 0) is 4.79 Å². The maximum absolute atomic E-state index is 12.1. The van der Waals surface area contributed by atoms with Gasteiger partial charge in [-0.1, -0.05) is 51.2 Å².